The Labute approximate surface area is 573 Å². The molecular formula is C72H56S16. The van der Waals surface area contributed by atoms with E-state index in [9.17, 15) is 0 Å². The second-order valence-electron chi connectivity index (χ2n) is 22.9. The van der Waals surface area contributed by atoms with Gasteiger partial charge in [0, 0.05) is 157 Å². The van der Waals surface area contributed by atoms with Crippen molar-refractivity contribution in [3.8, 4) is 0 Å². The maximum absolute atomic E-state index is 2.49. The molecular weight excluding hydrogens is 1380 g/mol. The summed E-state index contributed by atoms with van der Waals surface area (Å²) >= 11 is 31.3. The summed E-state index contributed by atoms with van der Waals surface area (Å²) in [4.78, 5) is 11.8. The summed E-state index contributed by atoms with van der Waals surface area (Å²) < 4.78 is 35.1. The lowest BCUT2D eigenvalue weighted by Gasteiger charge is -1.95. The number of benzene rings is 4. The zero-order valence-corrected chi connectivity index (χ0v) is 62.5. The zero-order valence-electron chi connectivity index (χ0n) is 49.4. The first-order valence-electron chi connectivity index (χ1n) is 30.0. The van der Waals surface area contributed by atoms with Crippen LogP contribution in [0.25, 0.3) is 156 Å². The van der Waals surface area contributed by atoms with Gasteiger partial charge in [-0.3, -0.25) is 0 Å². The van der Waals surface area contributed by atoms with E-state index in [1.54, 1.807) is 9.75 Å². The van der Waals surface area contributed by atoms with Gasteiger partial charge < -0.3 is 0 Å². The molecule has 16 heteroatoms. The van der Waals surface area contributed by atoms with E-state index in [-0.39, 0.29) is 0 Å². The number of unbranched alkanes of at least 4 members (excludes halogenated alkanes) is 2. The summed E-state index contributed by atoms with van der Waals surface area (Å²) in [5, 5.41) is 11.7. The van der Waals surface area contributed by atoms with Crippen molar-refractivity contribution in [2.45, 2.75) is 107 Å². The van der Waals surface area contributed by atoms with Gasteiger partial charge in [-0.15, -0.1) is 181 Å². The Morgan fingerprint density at radius 3 is 0.682 bits per heavy atom. The topological polar surface area (TPSA) is 0 Å². The first-order chi connectivity index (χ1) is 42.9. The summed E-state index contributed by atoms with van der Waals surface area (Å²) in [6.07, 6.45) is 9.92. The maximum atomic E-state index is 2.49. The molecule has 0 N–H and O–H groups in total. The van der Waals surface area contributed by atoms with Crippen LogP contribution in [0.15, 0.2) is 97.1 Å². The van der Waals surface area contributed by atoms with Crippen molar-refractivity contribution < 1.29 is 0 Å². The van der Waals surface area contributed by atoms with Gasteiger partial charge >= 0.3 is 0 Å². The minimum Gasteiger partial charge on any atom is -0.139 e. The Morgan fingerprint density at radius 1 is 0.205 bits per heavy atom. The van der Waals surface area contributed by atoms with Crippen molar-refractivity contribution in [3.63, 3.8) is 0 Å². The molecule has 0 nitrogen and oxygen atoms in total. The largest absolute Gasteiger partial charge is 0.139 e. The third-order valence-corrected chi connectivity index (χ3v) is 35.8. The first kappa shape index (κ1) is 58.1. The highest BCUT2D eigenvalue weighted by atomic mass is 32.2. The molecule has 0 saturated carbocycles. The maximum Gasteiger partial charge on any atom is 0.0532 e. The molecule has 0 amide bonds. The second-order valence-corrected chi connectivity index (χ2v) is 41.2. The van der Waals surface area contributed by atoms with Crippen molar-refractivity contribution >= 4 is 337 Å². The van der Waals surface area contributed by atoms with E-state index in [2.05, 4.69) is 152 Å². The van der Waals surface area contributed by atoms with Crippen LogP contribution in [0, 0.1) is 27.7 Å². The molecule has 0 aliphatic carbocycles. The van der Waals surface area contributed by atoms with Crippen LogP contribution in [0.2, 0.25) is 0 Å². The lowest BCUT2D eigenvalue weighted by Crippen LogP contribution is -1.76. The van der Waals surface area contributed by atoms with Crippen LogP contribution in [0.3, 0.4) is 0 Å². The molecule has 4 aromatic carbocycles. The number of hydrogen-bond acceptors (Lipinski definition) is 16. The Bertz CT molecular complexity index is 5710. The van der Waals surface area contributed by atoms with E-state index in [0.717, 1.165) is 12.8 Å². The molecule has 0 spiro atoms. The van der Waals surface area contributed by atoms with Gasteiger partial charge in [0.05, 0.1) is 37.6 Å². The van der Waals surface area contributed by atoms with Gasteiger partial charge in [-0.05, 0) is 163 Å². The highest BCUT2D eigenvalue weighted by molar-refractivity contribution is 7.38. The monoisotopic (exact) mass is 1430 g/mol. The molecule has 0 bridgehead atoms. The van der Waals surface area contributed by atoms with Crippen LogP contribution >= 0.6 is 181 Å². The lowest BCUT2D eigenvalue weighted by molar-refractivity contribution is 0.804. The SMILES string of the molecule is CCCCc1cc2sc3cc4sc5cc(CCCC)sc5c4cc3c2s1.CCc1cc2sc3cc4sc5cc(CC)sc5c4cc3c2s1.Cc1cc2sc3cc4c(cc3c2s1)sc1cc(C)sc14.Cc1cc2sc3cc4sc5cc(C)sc5c4cc3c2s1. The van der Waals surface area contributed by atoms with Crippen molar-refractivity contribution in [1.29, 1.82) is 0 Å². The number of fused-ring (bicyclic) bond motifs is 24. The third kappa shape index (κ3) is 10.1. The van der Waals surface area contributed by atoms with Crippen LogP contribution in [-0.4, -0.2) is 0 Å². The van der Waals surface area contributed by atoms with Crippen LogP contribution < -0.4 is 0 Å². The molecule has 16 heterocycles. The van der Waals surface area contributed by atoms with Crippen molar-refractivity contribution in [2.75, 3.05) is 0 Å². The molecule has 20 rings (SSSR count). The highest BCUT2D eigenvalue weighted by Crippen LogP contribution is 2.51. The number of rotatable bonds is 8. The van der Waals surface area contributed by atoms with Crippen molar-refractivity contribution in [3.05, 3.63) is 136 Å². The van der Waals surface area contributed by atoms with Gasteiger partial charge in [0.1, 0.15) is 0 Å². The summed E-state index contributed by atoms with van der Waals surface area (Å²) in [6, 6.07) is 38.4. The Balaban J connectivity index is 0.0000000915. The minimum atomic E-state index is 1.14. The Hall–Kier alpha value is -3.76. The van der Waals surface area contributed by atoms with Crippen LogP contribution in [-0.2, 0) is 25.7 Å². The fourth-order valence-corrected chi connectivity index (χ4v) is 32.6. The van der Waals surface area contributed by atoms with Crippen molar-refractivity contribution in [2.24, 2.45) is 0 Å². The average molecular weight is 1430 g/mol. The van der Waals surface area contributed by atoms with Gasteiger partial charge in [-0.1, -0.05) is 40.5 Å². The van der Waals surface area contributed by atoms with Gasteiger partial charge in [-0.2, -0.15) is 0 Å². The van der Waals surface area contributed by atoms with E-state index in [4.69, 9.17) is 0 Å². The van der Waals surface area contributed by atoms with Gasteiger partial charge in [0.15, 0.2) is 0 Å². The molecule has 0 aliphatic rings. The van der Waals surface area contributed by atoms with Gasteiger partial charge in [-0.25, -0.2) is 0 Å². The predicted octanol–water partition coefficient (Wildman–Crippen LogP) is 31.2. The number of hydrogen-bond donors (Lipinski definition) is 0. The standard InChI is InChI=1S/C22H22S4.C18H14S4.2C16H10S4/c1-3-5-7-13-9-19-21(23-13)15-11-16-18(12-17(15)25-19)26-20-10-14(8-6-4-2)24-22(16)20;1-3-9-5-15-17(19-9)11-7-12-14(8-13(11)21-15)22-16-6-10(4-2)20-18(12)16;1-7-3-13-15(17-7)9-5-12-10(6-11(9)19-13)16-14(20-12)4-8(2)18-16;1-7-3-13-15(17-7)9-5-10-12(6-11(9)19-13)20-14-4-8(2)18-16(10)14/h9-12H,3-8H2,1-2H3;5-8H,3-4H2,1-2H3;2*3-6H,1-2H3. The van der Waals surface area contributed by atoms with E-state index in [1.807, 2.05) is 181 Å². The molecule has 88 heavy (non-hydrogen) atoms. The third-order valence-electron chi connectivity index (χ3n) is 16.6. The summed E-state index contributed by atoms with van der Waals surface area (Å²) in [5.74, 6) is 0. The summed E-state index contributed by atoms with van der Waals surface area (Å²) in [5.41, 5.74) is 0. The molecule has 16 aromatic heterocycles. The average Bonchev–Trinajstić information content (AvgIpc) is 1.68. The predicted molar refractivity (Wildman–Crippen MR) is 427 cm³/mol. The lowest BCUT2D eigenvalue weighted by atomic mass is 10.2. The zero-order chi connectivity index (χ0) is 59.4. The van der Waals surface area contributed by atoms with Crippen LogP contribution in [0.1, 0.15) is 92.4 Å². The number of thiophene rings is 16. The fourth-order valence-electron chi connectivity index (χ4n) is 12.3. The minimum absolute atomic E-state index is 1.14. The van der Waals surface area contributed by atoms with E-state index in [1.165, 1.54) is 224 Å². The molecule has 0 radical (unpaired) electrons. The highest BCUT2D eigenvalue weighted by Gasteiger charge is 2.20. The fraction of sp³-hybridized carbons (Fsp3) is 0.222. The van der Waals surface area contributed by atoms with Gasteiger partial charge in [0.25, 0.3) is 0 Å². The summed E-state index contributed by atoms with van der Waals surface area (Å²) in [7, 11) is 0. The molecule has 0 aliphatic heterocycles. The second kappa shape index (κ2) is 23.1. The molecule has 0 fully saturated rings. The van der Waals surface area contributed by atoms with E-state index in [0.29, 0.717) is 0 Å². The van der Waals surface area contributed by atoms with Gasteiger partial charge in [0.2, 0.25) is 0 Å². The molecule has 0 atom stereocenters. The van der Waals surface area contributed by atoms with Crippen molar-refractivity contribution in [1.82, 2.24) is 0 Å². The quantitative estimate of drug-likeness (QED) is 0.142. The van der Waals surface area contributed by atoms with E-state index >= 15 is 0 Å². The Kier molecular flexibility index (Phi) is 15.2. The number of aryl methyl sites for hydroxylation is 8. The molecule has 20 aromatic rings. The Morgan fingerprint density at radius 2 is 0.420 bits per heavy atom. The molecule has 0 unspecified atom stereocenters. The normalized spacial score (nSPS) is 12.5. The summed E-state index contributed by atoms with van der Waals surface area (Å²) in [6.45, 7) is 17.9. The smallest absolute Gasteiger partial charge is 0.0532 e. The van der Waals surface area contributed by atoms with E-state index < -0.39 is 0 Å². The molecule has 440 valence electrons. The molecule has 0 saturated heterocycles. The van der Waals surface area contributed by atoms with Crippen LogP contribution in [0.5, 0.6) is 0 Å². The van der Waals surface area contributed by atoms with Crippen LogP contribution in [0.4, 0.5) is 0 Å². The first-order valence-corrected chi connectivity index (χ1v) is 43.1.